The van der Waals surface area contributed by atoms with E-state index in [1.165, 1.54) is 0 Å². The lowest BCUT2D eigenvalue weighted by molar-refractivity contribution is 0.588. The van der Waals surface area contributed by atoms with Crippen molar-refractivity contribution in [3.8, 4) is 0 Å². The molecule has 0 aliphatic rings. The summed E-state index contributed by atoms with van der Waals surface area (Å²) in [4.78, 5) is 8.45. The van der Waals surface area contributed by atoms with Crippen molar-refractivity contribution in [3.05, 3.63) is 30.2 Å². The minimum atomic E-state index is -2.32. The van der Waals surface area contributed by atoms with Gasteiger partial charge >= 0.3 is 0 Å². The van der Waals surface area contributed by atoms with Crippen LogP contribution in [-0.2, 0) is 4.57 Å². The van der Waals surface area contributed by atoms with Crippen molar-refractivity contribution >= 4 is 23.3 Å². The topological polar surface area (TPSA) is 42.9 Å². The van der Waals surface area contributed by atoms with E-state index in [0.29, 0.717) is 5.92 Å². The second-order valence-electron chi connectivity index (χ2n) is 4.96. The van der Waals surface area contributed by atoms with Crippen LogP contribution in [0.3, 0.4) is 0 Å². The minimum absolute atomic E-state index is 0.322. The van der Waals surface area contributed by atoms with Crippen molar-refractivity contribution in [1.82, 2.24) is 9.97 Å². The Morgan fingerprint density at radius 1 is 1.24 bits per heavy atom. The maximum Gasteiger partial charge on any atom is 0.110 e. The largest absolute Gasteiger partial charge is 0.319 e. The van der Waals surface area contributed by atoms with Crippen LogP contribution in [0.2, 0.25) is 0 Å². The lowest BCUT2D eigenvalue weighted by Gasteiger charge is -2.18. The third-order valence-corrected chi connectivity index (χ3v) is 4.41. The molecule has 2 aromatic heterocycles. The number of hydrogen-bond donors (Lipinski definition) is 0. The highest BCUT2D eigenvalue weighted by Gasteiger charge is 2.21. The predicted molar refractivity (Wildman–Crippen MR) is 72.7 cm³/mol. The first kappa shape index (κ1) is 12.3. The molecule has 0 aliphatic carbocycles. The van der Waals surface area contributed by atoms with E-state index in [-0.39, 0.29) is 0 Å². The Hall–Kier alpha value is -1.21. The number of hydrogen-bond acceptors (Lipinski definition) is 3. The van der Waals surface area contributed by atoms with E-state index in [4.69, 9.17) is 0 Å². The summed E-state index contributed by atoms with van der Waals surface area (Å²) in [7, 11) is -2.32. The molecule has 17 heavy (non-hydrogen) atoms. The Morgan fingerprint density at radius 2 is 1.94 bits per heavy atom. The van der Waals surface area contributed by atoms with Crippen molar-refractivity contribution in [2.75, 3.05) is 13.3 Å². The van der Waals surface area contributed by atoms with Gasteiger partial charge in [-0.1, -0.05) is 13.8 Å². The molecule has 90 valence electrons. The number of aromatic nitrogens is 2. The van der Waals surface area contributed by atoms with E-state index in [1.54, 1.807) is 12.4 Å². The van der Waals surface area contributed by atoms with E-state index in [9.17, 15) is 4.57 Å². The van der Waals surface area contributed by atoms with Gasteiger partial charge in [0.05, 0.1) is 11.7 Å². The van der Waals surface area contributed by atoms with Crippen molar-refractivity contribution < 1.29 is 4.57 Å². The van der Waals surface area contributed by atoms with Gasteiger partial charge in [-0.05, 0) is 30.9 Å². The molecule has 0 aromatic carbocycles. The Bertz CT molecular complexity index is 601. The van der Waals surface area contributed by atoms with Gasteiger partial charge in [-0.15, -0.1) is 0 Å². The summed E-state index contributed by atoms with van der Waals surface area (Å²) in [5.74, 6) is 0.322. The summed E-state index contributed by atoms with van der Waals surface area (Å²) in [5, 5.41) is 1.93. The molecule has 0 unspecified atom stereocenters. The van der Waals surface area contributed by atoms with Crippen LogP contribution in [0.25, 0.3) is 10.9 Å². The van der Waals surface area contributed by atoms with Gasteiger partial charge in [0.1, 0.15) is 7.14 Å². The van der Waals surface area contributed by atoms with Crippen molar-refractivity contribution in [1.29, 1.82) is 0 Å². The molecule has 0 atom stereocenters. The summed E-state index contributed by atoms with van der Waals surface area (Å²) in [6.07, 6.45) is 5.29. The molecule has 0 radical (unpaired) electrons. The molecule has 0 N–H and O–H groups in total. The fourth-order valence-corrected chi connectivity index (χ4v) is 3.78. The highest BCUT2D eigenvalue weighted by Crippen LogP contribution is 2.40. The van der Waals surface area contributed by atoms with Crippen molar-refractivity contribution in [3.63, 3.8) is 0 Å². The maximum absolute atomic E-state index is 12.5. The normalized spacial score (nSPS) is 12.3. The van der Waals surface area contributed by atoms with Crippen LogP contribution in [0, 0.1) is 0 Å². The first-order chi connectivity index (χ1) is 7.91. The Balaban J connectivity index is 2.90. The molecule has 3 nitrogen and oxygen atoms in total. The molecule has 2 rings (SSSR count). The SMILES string of the molecule is CC(C)c1cnc2cnccc2c1P(C)(C)=O. The molecular formula is C13H17N2OP. The van der Waals surface area contributed by atoms with E-state index in [0.717, 1.165) is 21.8 Å². The molecule has 0 fully saturated rings. The number of nitrogens with zero attached hydrogens (tertiary/aromatic N) is 2. The third-order valence-electron chi connectivity index (χ3n) is 2.83. The first-order valence-electron chi connectivity index (χ1n) is 5.69. The number of rotatable bonds is 2. The van der Waals surface area contributed by atoms with Gasteiger partial charge in [0.15, 0.2) is 0 Å². The van der Waals surface area contributed by atoms with Crippen LogP contribution in [0.15, 0.2) is 24.7 Å². The molecule has 4 heteroatoms. The van der Waals surface area contributed by atoms with Crippen LogP contribution < -0.4 is 5.30 Å². The summed E-state index contributed by atoms with van der Waals surface area (Å²) >= 11 is 0. The molecule has 0 bridgehead atoms. The predicted octanol–water partition coefficient (Wildman–Crippen LogP) is 3.00. The van der Waals surface area contributed by atoms with Gasteiger partial charge in [0.25, 0.3) is 0 Å². The zero-order valence-corrected chi connectivity index (χ0v) is 11.5. The third kappa shape index (κ3) is 2.25. The van der Waals surface area contributed by atoms with Crippen molar-refractivity contribution in [2.24, 2.45) is 0 Å². The summed E-state index contributed by atoms with van der Waals surface area (Å²) < 4.78 is 12.5. The Morgan fingerprint density at radius 3 is 2.53 bits per heavy atom. The molecule has 2 heterocycles. The van der Waals surface area contributed by atoms with Gasteiger partial charge in [-0.3, -0.25) is 9.97 Å². The van der Waals surface area contributed by atoms with E-state index < -0.39 is 7.14 Å². The van der Waals surface area contributed by atoms with E-state index in [2.05, 4.69) is 23.8 Å². The zero-order chi connectivity index (χ0) is 12.6. The van der Waals surface area contributed by atoms with Crippen LogP contribution in [0.5, 0.6) is 0 Å². The average molecular weight is 248 g/mol. The summed E-state index contributed by atoms with van der Waals surface area (Å²) in [6.45, 7) is 7.83. The summed E-state index contributed by atoms with van der Waals surface area (Å²) in [5.41, 5.74) is 1.90. The lowest BCUT2D eigenvalue weighted by atomic mass is 10.0. The molecule has 0 amide bonds. The minimum Gasteiger partial charge on any atom is -0.319 e. The highest BCUT2D eigenvalue weighted by atomic mass is 31.2. The fourth-order valence-electron chi connectivity index (χ4n) is 2.07. The molecule has 0 saturated carbocycles. The number of fused-ring (bicyclic) bond motifs is 1. The first-order valence-corrected chi connectivity index (χ1v) is 8.29. The zero-order valence-electron chi connectivity index (χ0n) is 10.6. The Labute approximate surface area is 102 Å². The maximum atomic E-state index is 12.5. The molecular weight excluding hydrogens is 231 g/mol. The monoisotopic (exact) mass is 248 g/mol. The smallest absolute Gasteiger partial charge is 0.110 e. The highest BCUT2D eigenvalue weighted by molar-refractivity contribution is 7.70. The lowest BCUT2D eigenvalue weighted by Crippen LogP contribution is -2.14. The quantitative estimate of drug-likeness (QED) is 0.767. The Kier molecular flexibility index (Phi) is 3.05. The average Bonchev–Trinajstić information content (AvgIpc) is 2.26. The van der Waals surface area contributed by atoms with E-state index in [1.807, 2.05) is 25.6 Å². The second kappa shape index (κ2) is 4.23. The summed E-state index contributed by atoms with van der Waals surface area (Å²) in [6, 6.07) is 1.91. The van der Waals surface area contributed by atoms with Crippen LogP contribution in [0.4, 0.5) is 0 Å². The van der Waals surface area contributed by atoms with E-state index >= 15 is 0 Å². The van der Waals surface area contributed by atoms with Crippen LogP contribution in [-0.4, -0.2) is 23.3 Å². The van der Waals surface area contributed by atoms with Gasteiger partial charge in [-0.2, -0.15) is 0 Å². The second-order valence-corrected chi connectivity index (χ2v) is 8.11. The van der Waals surface area contributed by atoms with Gasteiger partial charge in [-0.25, -0.2) is 0 Å². The number of pyridine rings is 2. The van der Waals surface area contributed by atoms with Gasteiger partial charge in [0, 0.05) is 23.1 Å². The molecule has 0 aliphatic heterocycles. The van der Waals surface area contributed by atoms with Gasteiger partial charge < -0.3 is 4.57 Å². The molecule has 0 spiro atoms. The molecule has 2 aromatic rings. The standard InChI is InChI=1S/C13H17N2OP/c1-9(2)11-7-15-12-8-14-6-5-10(12)13(11)17(3,4)16/h5-9H,1-4H3. The van der Waals surface area contributed by atoms with Gasteiger partial charge in [0.2, 0.25) is 0 Å². The van der Waals surface area contributed by atoms with Crippen molar-refractivity contribution in [2.45, 2.75) is 19.8 Å². The van der Waals surface area contributed by atoms with Crippen LogP contribution >= 0.6 is 7.14 Å². The fraction of sp³-hybridized carbons (Fsp3) is 0.385. The molecule has 0 saturated heterocycles. The van der Waals surface area contributed by atoms with Crippen LogP contribution in [0.1, 0.15) is 25.3 Å².